The van der Waals surface area contributed by atoms with Gasteiger partial charge < -0.3 is 4.90 Å². The summed E-state index contributed by atoms with van der Waals surface area (Å²) in [5, 5.41) is 0. The van der Waals surface area contributed by atoms with Crippen molar-refractivity contribution in [3.05, 3.63) is 33.8 Å². The van der Waals surface area contributed by atoms with Crippen molar-refractivity contribution in [1.82, 2.24) is 9.80 Å². The van der Waals surface area contributed by atoms with Crippen molar-refractivity contribution in [3.63, 3.8) is 0 Å². The lowest BCUT2D eigenvalue weighted by atomic mass is 10.00. The van der Waals surface area contributed by atoms with E-state index >= 15 is 0 Å². The molecule has 0 atom stereocenters. The van der Waals surface area contributed by atoms with E-state index in [1.165, 1.54) is 35.1 Å². The first-order valence-electron chi connectivity index (χ1n) is 5.80. The van der Waals surface area contributed by atoms with E-state index in [1.807, 2.05) is 0 Å². The van der Waals surface area contributed by atoms with Gasteiger partial charge in [-0.2, -0.15) is 0 Å². The van der Waals surface area contributed by atoms with Gasteiger partial charge in [0.25, 0.3) is 0 Å². The van der Waals surface area contributed by atoms with Gasteiger partial charge in [-0.3, -0.25) is 4.90 Å². The Kier molecular flexibility index (Phi) is 4.00. The summed E-state index contributed by atoms with van der Waals surface area (Å²) in [6, 6.07) is 6.54. The second-order valence-corrected chi connectivity index (χ2v) is 5.56. The van der Waals surface area contributed by atoms with Crippen LogP contribution in [0, 0.1) is 0 Å². The molecule has 0 amide bonds. The van der Waals surface area contributed by atoms with Gasteiger partial charge in [-0.25, -0.2) is 0 Å². The fourth-order valence-corrected chi connectivity index (χ4v) is 2.76. The van der Waals surface area contributed by atoms with Gasteiger partial charge in [0.2, 0.25) is 0 Å². The summed E-state index contributed by atoms with van der Waals surface area (Å²) in [6.45, 7) is 4.59. The van der Waals surface area contributed by atoms with Crippen LogP contribution in [0.15, 0.2) is 22.7 Å². The zero-order chi connectivity index (χ0) is 11.5. The molecule has 2 rings (SSSR count). The Morgan fingerprint density at radius 1 is 1.38 bits per heavy atom. The zero-order valence-corrected chi connectivity index (χ0v) is 11.6. The molecule has 0 bridgehead atoms. The molecule has 1 aliphatic rings. The number of hydrogen-bond acceptors (Lipinski definition) is 2. The van der Waals surface area contributed by atoms with Crippen LogP contribution in [0.1, 0.15) is 11.1 Å². The zero-order valence-electron chi connectivity index (χ0n) is 10.0. The molecule has 0 fully saturated rings. The molecule has 1 aromatic rings. The van der Waals surface area contributed by atoms with Gasteiger partial charge in [0.05, 0.1) is 0 Å². The van der Waals surface area contributed by atoms with Crippen molar-refractivity contribution in [2.75, 3.05) is 33.7 Å². The fraction of sp³-hybridized carbons (Fsp3) is 0.538. The number of hydrogen-bond donors (Lipinski definition) is 0. The van der Waals surface area contributed by atoms with Crippen LogP contribution in [-0.4, -0.2) is 43.5 Å². The topological polar surface area (TPSA) is 6.48 Å². The van der Waals surface area contributed by atoms with Crippen LogP contribution in [0.4, 0.5) is 0 Å². The predicted molar refractivity (Wildman–Crippen MR) is 71.7 cm³/mol. The number of nitrogens with zero attached hydrogens (tertiary/aromatic N) is 2. The molecule has 1 heterocycles. The molecule has 0 unspecified atom stereocenters. The molecule has 1 aliphatic heterocycles. The largest absolute Gasteiger partial charge is 0.308 e. The van der Waals surface area contributed by atoms with E-state index in [1.54, 1.807) is 0 Å². The minimum Gasteiger partial charge on any atom is -0.308 e. The average Bonchev–Trinajstić information content (AvgIpc) is 2.26. The van der Waals surface area contributed by atoms with E-state index in [-0.39, 0.29) is 0 Å². The third kappa shape index (κ3) is 2.84. The van der Waals surface area contributed by atoms with Gasteiger partial charge in [-0.15, -0.1) is 0 Å². The maximum Gasteiger partial charge on any atom is 0.0237 e. The lowest BCUT2D eigenvalue weighted by molar-refractivity contribution is 0.225. The number of rotatable bonds is 3. The summed E-state index contributed by atoms with van der Waals surface area (Å²) in [7, 11) is 4.27. The second kappa shape index (κ2) is 5.30. The molecule has 0 radical (unpaired) electrons. The normalized spacial score (nSPS) is 16.5. The first-order chi connectivity index (χ1) is 7.66. The molecular weight excluding hydrogens is 264 g/mol. The Balaban J connectivity index is 2.01. The Morgan fingerprint density at radius 3 is 2.94 bits per heavy atom. The van der Waals surface area contributed by atoms with Crippen LogP contribution < -0.4 is 0 Å². The summed E-state index contributed by atoms with van der Waals surface area (Å²) in [6.07, 6.45) is 1.17. The molecule has 2 nitrogen and oxygen atoms in total. The minimum absolute atomic E-state index is 1.10. The number of fused-ring (bicyclic) bond motifs is 1. The van der Waals surface area contributed by atoms with Crippen molar-refractivity contribution in [1.29, 1.82) is 0 Å². The Hall–Kier alpha value is -0.380. The molecule has 0 aliphatic carbocycles. The standard InChI is InChI=1S/C13H19BrN2/c1-15(2)8-9-16-7-6-12-11(10-16)4-3-5-13(12)14/h3-5H,6-10H2,1-2H3. The van der Waals surface area contributed by atoms with Crippen molar-refractivity contribution in [2.45, 2.75) is 13.0 Å². The van der Waals surface area contributed by atoms with Crippen molar-refractivity contribution >= 4 is 15.9 Å². The summed E-state index contributed by atoms with van der Waals surface area (Å²) in [5.74, 6) is 0. The molecule has 0 saturated carbocycles. The number of benzene rings is 1. The summed E-state index contributed by atoms with van der Waals surface area (Å²) in [4.78, 5) is 4.78. The third-order valence-electron chi connectivity index (χ3n) is 3.15. The number of halogens is 1. The Labute approximate surface area is 106 Å². The van der Waals surface area contributed by atoms with Crippen LogP contribution in [0.5, 0.6) is 0 Å². The van der Waals surface area contributed by atoms with Crippen LogP contribution >= 0.6 is 15.9 Å². The lowest BCUT2D eigenvalue weighted by Gasteiger charge is -2.30. The minimum atomic E-state index is 1.10. The highest BCUT2D eigenvalue weighted by atomic mass is 79.9. The van der Waals surface area contributed by atoms with E-state index in [2.05, 4.69) is 58.0 Å². The van der Waals surface area contributed by atoms with Crippen molar-refractivity contribution < 1.29 is 0 Å². The smallest absolute Gasteiger partial charge is 0.0237 e. The van der Waals surface area contributed by atoms with Gasteiger partial charge in [0, 0.05) is 30.7 Å². The van der Waals surface area contributed by atoms with Crippen molar-refractivity contribution in [2.24, 2.45) is 0 Å². The maximum absolute atomic E-state index is 3.64. The Morgan fingerprint density at radius 2 is 2.19 bits per heavy atom. The van der Waals surface area contributed by atoms with Crippen LogP contribution in [0.2, 0.25) is 0 Å². The van der Waals surface area contributed by atoms with Gasteiger partial charge in [0.1, 0.15) is 0 Å². The van der Waals surface area contributed by atoms with Crippen LogP contribution in [0.25, 0.3) is 0 Å². The molecule has 0 spiro atoms. The molecule has 0 N–H and O–H groups in total. The molecule has 0 saturated heterocycles. The lowest BCUT2D eigenvalue weighted by Crippen LogP contribution is -2.35. The summed E-state index contributed by atoms with van der Waals surface area (Å²) in [5.41, 5.74) is 2.99. The molecule has 88 valence electrons. The first kappa shape index (κ1) is 12.1. The molecule has 16 heavy (non-hydrogen) atoms. The van der Waals surface area contributed by atoms with E-state index in [0.29, 0.717) is 0 Å². The molecule has 0 aromatic heterocycles. The third-order valence-corrected chi connectivity index (χ3v) is 3.89. The summed E-state index contributed by atoms with van der Waals surface area (Å²) < 4.78 is 1.28. The van der Waals surface area contributed by atoms with Gasteiger partial charge in [0.15, 0.2) is 0 Å². The quantitative estimate of drug-likeness (QED) is 0.840. The molecular formula is C13H19BrN2. The first-order valence-corrected chi connectivity index (χ1v) is 6.59. The molecule has 3 heteroatoms. The van der Waals surface area contributed by atoms with Gasteiger partial charge >= 0.3 is 0 Å². The monoisotopic (exact) mass is 282 g/mol. The highest BCUT2D eigenvalue weighted by Crippen LogP contribution is 2.25. The van der Waals surface area contributed by atoms with Gasteiger partial charge in [-0.05, 0) is 37.7 Å². The average molecular weight is 283 g/mol. The van der Waals surface area contributed by atoms with Gasteiger partial charge in [-0.1, -0.05) is 28.1 Å². The van der Waals surface area contributed by atoms with Crippen LogP contribution in [-0.2, 0) is 13.0 Å². The molecule has 1 aromatic carbocycles. The highest BCUT2D eigenvalue weighted by molar-refractivity contribution is 9.10. The fourth-order valence-electron chi connectivity index (χ4n) is 2.15. The van der Waals surface area contributed by atoms with E-state index in [0.717, 1.165) is 13.1 Å². The van der Waals surface area contributed by atoms with E-state index in [9.17, 15) is 0 Å². The van der Waals surface area contributed by atoms with E-state index in [4.69, 9.17) is 0 Å². The van der Waals surface area contributed by atoms with Crippen molar-refractivity contribution in [3.8, 4) is 0 Å². The highest BCUT2D eigenvalue weighted by Gasteiger charge is 2.17. The second-order valence-electron chi connectivity index (χ2n) is 4.71. The predicted octanol–water partition coefficient (Wildman–Crippen LogP) is 2.37. The van der Waals surface area contributed by atoms with E-state index < -0.39 is 0 Å². The summed E-state index contributed by atoms with van der Waals surface area (Å²) >= 11 is 3.64. The number of likely N-dealkylation sites (N-methyl/N-ethyl adjacent to an activating group) is 1. The maximum atomic E-state index is 3.64. The van der Waals surface area contributed by atoms with Crippen LogP contribution in [0.3, 0.4) is 0 Å². The SMILES string of the molecule is CN(C)CCN1CCc2c(Br)cccc2C1. The Bertz CT molecular complexity index is 363.